The second kappa shape index (κ2) is 7.75. The summed E-state index contributed by atoms with van der Waals surface area (Å²) in [5.74, 6) is -2.88. The van der Waals surface area contributed by atoms with Gasteiger partial charge in [0.15, 0.2) is 23.0 Å². The molecule has 2 aliphatic rings. The fourth-order valence-corrected chi connectivity index (χ4v) is 3.75. The number of carbonyl (C=O) groups is 2. The predicted molar refractivity (Wildman–Crippen MR) is 108 cm³/mol. The van der Waals surface area contributed by atoms with E-state index in [1.54, 1.807) is 6.07 Å². The average molecular weight is 429 g/mol. The van der Waals surface area contributed by atoms with Crippen molar-refractivity contribution in [3.05, 3.63) is 46.5 Å². The van der Waals surface area contributed by atoms with Gasteiger partial charge in [0.05, 0.1) is 19.8 Å². The lowest BCUT2D eigenvalue weighted by atomic mass is 9.90. The summed E-state index contributed by atoms with van der Waals surface area (Å²) in [5.41, 5.74) is 0.773. The molecule has 0 bridgehead atoms. The standard InChI is InChI=1S/C22H23NO8/c1-23(2)8-7-12-9-16-17(30-11-29-16)10-13(12)20(24)22(26)14-5-6-15(27-3)19(28-4)18(14)21(25)31-22/h5-6,9-10,26H,7-8,11H2,1-4H3. The quantitative estimate of drug-likeness (QED) is 0.521. The molecule has 0 spiro atoms. The zero-order chi connectivity index (χ0) is 22.3. The van der Waals surface area contributed by atoms with Crippen LogP contribution in [0.2, 0.25) is 0 Å². The first-order valence-electron chi connectivity index (χ1n) is 9.63. The molecule has 0 aliphatic carbocycles. The minimum absolute atomic E-state index is 0.00336. The zero-order valence-electron chi connectivity index (χ0n) is 17.7. The summed E-state index contributed by atoms with van der Waals surface area (Å²) < 4.78 is 26.6. The molecule has 1 N–H and O–H groups in total. The first-order valence-corrected chi connectivity index (χ1v) is 9.63. The Hall–Kier alpha value is -3.30. The van der Waals surface area contributed by atoms with Crippen molar-refractivity contribution in [2.24, 2.45) is 0 Å². The summed E-state index contributed by atoms with van der Waals surface area (Å²) in [5, 5.41) is 11.3. The molecule has 9 nitrogen and oxygen atoms in total. The first-order chi connectivity index (χ1) is 14.8. The Balaban J connectivity index is 1.82. The molecule has 2 aromatic carbocycles. The molecule has 0 saturated heterocycles. The number of ether oxygens (including phenoxy) is 5. The molecule has 2 aromatic rings. The third-order valence-electron chi connectivity index (χ3n) is 5.33. The van der Waals surface area contributed by atoms with Gasteiger partial charge < -0.3 is 33.7 Å². The second-order valence-corrected chi connectivity index (χ2v) is 7.50. The highest BCUT2D eigenvalue weighted by Crippen LogP contribution is 2.46. The molecular formula is C22H23NO8. The van der Waals surface area contributed by atoms with Crippen molar-refractivity contribution in [3.8, 4) is 23.0 Å². The van der Waals surface area contributed by atoms with Gasteiger partial charge in [-0.3, -0.25) is 4.79 Å². The minimum Gasteiger partial charge on any atom is -0.493 e. The molecule has 0 fully saturated rings. The van der Waals surface area contributed by atoms with Gasteiger partial charge in [-0.25, -0.2) is 4.79 Å². The van der Waals surface area contributed by atoms with E-state index < -0.39 is 17.5 Å². The largest absolute Gasteiger partial charge is 0.493 e. The van der Waals surface area contributed by atoms with E-state index in [0.717, 1.165) is 0 Å². The van der Waals surface area contributed by atoms with Crippen LogP contribution in [0.5, 0.6) is 23.0 Å². The Morgan fingerprint density at radius 2 is 1.87 bits per heavy atom. The maximum absolute atomic E-state index is 13.6. The molecule has 2 heterocycles. The number of hydrogen-bond acceptors (Lipinski definition) is 9. The zero-order valence-corrected chi connectivity index (χ0v) is 17.7. The Labute approximate surface area is 179 Å². The van der Waals surface area contributed by atoms with Crippen LogP contribution >= 0.6 is 0 Å². The normalized spacial score (nSPS) is 18.7. The number of cyclic esters (lactones) is 1. The second-order valence-electron chi connectivity index (χ2n) is 7.50. The Morgan fingerprint density at radius 1 is 1.16 bits per heavy atom. The predicted octanol–water partition coefficient (Wildman–Crippen LogP) is 1.73. The van der Waals surface area contributed by atoms with Crippen LogP contribution in [-0.4, -0.2) is 63.4 Å². The lowest BCUT2D eigenvalue weighted by Gasteiger charge is -2.23. The van der Waals surface area contributed by atoms with Crippen molar-refractivity contribution in [2.45, 2.75) is 12.2 Å². The van der Waals surface area contributed by atoms with Crippen molar-refractivity contribution in [2.75, 3.05) is 41.7 Å². The number of benzene rings is 2. The number of methoxy groups -OCH3 is 2. The van der Waals surface area contributed by atoms with Crippen LogP contribution < -0.4 is 18.9 Å². The summed E-state index contributed by atoms with van der Waals surface area (Å²) >= 11 is 0. The number of hydrogen-bond donors (Lipinski definition) is 1. The molecule has 2 aliphatic heterocycles. The smallest absolute Gasteiger partial charge is 0.345 e. The Kier molecular flexibility index (Phi) is 5.24. The molecule has 164 valence electrons. The minimum atomic E-state index is -2.51. The molecule has 0 radical (unpaired) electrons. The van der Waals surface area contributed by atoms with E-state index in [2.05, 4.69) is 0 Å². The molecular weight excluding hydrogens is 406 g/mol. The highest BCUT2D eigenvalue weighted by atomic mass is 16.7. The molecule has 9 heteroatoms. The number of rotatable bonds is 7. The van der Waals surface area contributed by atoms with Crippen LogP contribution in [0, 0.1) is 0 Å². The van der Waals surface area contributed by atoms with Crippen LogP contribution in [-0.2, 0) is 16.9 Å². The average Bonchev–Trinajstić information content (AvgIpc) is 3.32. The highest BCUT2D eigenvalue weighted by Gasteiger charge is 2.53. The highest BCUT2D eigenvalue weighted by molar-refractivity contribution is 6.10. The summed E-state index contributed by atoms with van der Waals surface area (Å²) in [6.07, 6.45) is 0.507. The van der Waals surface area contributed by atoms with Crippen LogP contribution in [0.3, 0.4) is 0 Å². The van der Waals surface area contributed by atoms with Gasteiger partial charge in [-0.2, -0.15) is 0 Å². The van der Waals surface area contributed by atoms with Gasteiger partial charge in [0.2, 0.25) is 12.6 Å². The van der Waals surface area contributed by atoms with Gasteiger partial charge in [0.25, 0.3) is 0 Å². The molecule has 31 heavy (non-hydrogen) atoms. The molecule has 0 saturated carbocycles. The van der Waals surface area contributed by atoms with Crippen LogP contribution in [0.1, 0.15) is 31.8 Å². The number of Topliss-reactive ketones (excluding diaryl/α,β-unsaturated/α-hetero) is 1. The summed E-state index contributed by atoms with van der Waals surface area (Å²) in [6.45, 7) is 0.693. The van der Waals surface area contributed by atoms with Crippen LogP contribution in [0.15, 0.2) is 24.3 Å². The number of nitrogens with zero attached hydrogens (tertiary/aromatic N) is 1. The van der Waals surface area contributed by atoms with Gasteiger partial charge in [0, 0.05) is 12.1 Å². The number of carbonyl (C=O) groups excluding carboxylic acids is 2. The number of ketones is 1. The lowest BCUT2D eigenvalue weighted by Crippen LogP contribution is -2.36. The van der Waals surface area contributed by atoms with E-state index in [0.29, 0.717) is 30.0 Å². The van der Waals surface area contributed by atoms with Gasteiger partial charge in [-0.05, 0) is 50.3 Å². The summed E-state index contributed by atoms with van der Waals surface area (Å²) in [6, 6.07) is 6.16. The molecule has 0 aromatic heterocycles. The molecule has 0 amide bonds. The molecule has 1 atom stereocenters. The Morgan fingerprint density at radius 3 is 2.52 bits per heavy atom. The maximum Gasteiger partial charge on any atom is 0.345 e. The molecule has 4 rings (SSSR count). The monoisotopic (exact) mass is 429 g/mol. The number of aliphatic hydroxyl groups is 1. The lowest BCUT2D eigenvalue weighted by molar-refractivity contribution is -0.126. The third-order valence-corrected chi connectivity index (χ3v) is 5.33. The fourth-order valence-electron chi connectivity index (χ4n) is 3.75. The summed E-state index contributed by atoms with van der Waals surface area (Å²) in [4.78, 5) is 28.2. The SMILES string of the molecule is COc1ccc2c(c1OC)C(=O)OC2(O)C(=O)c1cc2c(cc1CCN(C)C)OCO2. The van der Waals surface area contributed by atoms with Crippen molar-refractivity contribution in [1.82, 2.24) is 4.90 Å². The summed E-state index contributed by atoms with van der Waals surface area (Å²) in [7, 11) is 6.61. The number of fused-ring (bicyclic) bond motifs is 2. The van der Waals surface area contributed by atoms with Crippen LogP contribution in [0.25, 0.3) is 0 Å². The van der Waals surface area contributed by atoms with Gasteiger partial charge in [0.1, 0.15) is 5.56 Å². The van der Waals surface area contributed by atoms with Gasteiger partial charge in [-0.15, -0.1) is 0 Å². The van der Waals surface area contributed by atoms with Crippen molar-refractivity contribution in [3.63, 3.8) is 0 Å². The molecule has 1 unspecified atom stereocenters. The Bertz CT molecular complexity index is 1060. The topological polar surface area (TPSA) is 104 Å². The van der Waals surface area contributed by atoms with Gasteiger partial charge in [-0.1, -0.05) is 0 Å². The number of esters is 1. The van der Waals surface area contributed by atoms with Crippen molar-refractivity contribution < 1.29 is 38.4 Å². The van der Waals surface area contributed by atoms with E-state index in [-0.39, 0.29) is 35.0 Å². The maximum atomic E-state index is 13.6. The number of likely N-dealkylation sites (N-methyl/N-ethyl adjacent to an activating group) is 1. The first kappa shape index (κ1) is 21.0. The van der Waals surface area contributed by atoms with Crippen molar-refractivity contribution in [1.29, 1.82) is 0 Å². The van der Waals surface area contributed by atoms with E-state index in [1.807, 2.05) is 19.0 Å². The third kappa shape index (κ3) is 3.35. The fraction of sp³-hybridized carbons (Fsp3) is 0.364. The van der Waals surface area contributed by atoms with E-state index in [1.165, 1.54) is 32.4 Å². The van der Waals surface area contributed by atoms with E-state index in [4.69, 9.17) is 23.7 Å². The van der Waals surface area contributed by atoms with E-state index in [9.17, 15) is 14.7 Å². The van der Waals surface area contributed by atoms with Crippen molar-refractivity contribution >= 4 is 11.8 Å². The van der Waals surface area contributed by atoms with E-state index >= 15 is 0 Å². The van der Waals surface area contributed by atoms with Gasteiger partial charge >= 0.3 is 11.8 Å². The van der Waals surface area contributed by atoms with Crippen LogP contribution in [0.4, 0.5) is 0 Å².